The van der Waals surface area contributed by atoms with E-state index in [2.05, 4.69) is 20.8 Å². The molecule has 0 heterocycles. The van der Waals surface area contributed by atoms with Gasteiger partial charge in [-0.15, -0.1) is 0 Å². The molecule has 2 aromatic carbocycles. The summed E-state index contributed by atoms with van der Waals surface area (Å²) in [5.74, 6) is -1.27. The topological polar surface area (TPSA) is 126 Å². The van der Waals surface area contributed by atoms with Crippen LogP contribution in [0.25, 0.3) is 0 Å². The van der Waals surface area contributed by atoms with Gasteiger partial charge in [0.15, 0.2) is 0 Å². The quantitative estimate of drug-likeness (QED) is 0.380. The van der Waals surface area contributed by atoms with Crippen LogP contribution >= 0.6 is 0 Å². The number of nitrogens with one attached hydrogen (secondary N) is 3. The lowest BCUT2D eigenvalue weighted by molar-refractivity contribution is -0.142. The molecule has 10 heteroatoms. The Kier molecular flexibility index (Phi) is 10.3. The van der Waals surface area contributed by atoms with E-state index in [-0.39, 0.29) is 13.0 Å². The highest BCUT2D eigenvalue weighted by Crippen LogP contribution is 2.10. The molecule has 0 bridgehead atoms. The molecule has 3 N–H and O–H groups in total. The summed E-state index contributed by atoms with van der Waals surface area (Å²) in [7, 11) is 1.21. The summed E-state index contributed by atoms with van der Waals surface area (Å²) in [6.07, 6.45) is -0.609. The van der Waals surface area contributed by atoms with Crippen LogP contribution in [-0.4, -0.2) is 53.8 Å². The van der Waals surface area contributed by atoms with Gasteiger partial charge in [-0.2, -0.15) is 0 Å². The van der Waals surface area contributed by atoms with E-state index in [9.17, 15) is 19.2 Å². The molecule has 2 aromatic rings. The number of amides is 4. The van der Waals surface area contributed by atoms with E-state index >= 15 is 0 Å². The number of benzene rings is 2. The molecule has 0 aromatic heterocycles. The Labute approximate surface area is 211 Å². The number of alkyl carbamates (subject to hydrolysis) is 1. The number of hydrogen-bond acceptors (Lipinski definition) is 6. The predicted molar refractivity (Wildman–Crippen MR) is 133 cm³/mol. The van der Waals surface area contributed by atoms with Gasteiger partial charge in [0.05, 0.1) is 13.7 Å². The fourth-order valence-electron chi connectivity index (χ4n) is 3.15. The average Bonchev–Trinajstić information content (AvgIpc) is 2.82. The first kappa shape index (κ1) is 28.2. The van der Waals surface area contributed by atoms with E-state index in [1.807, 2.05) is 36.4 Å². The van der Waals surface area contributed by atoms with Gasteiger partial charge in [0.1, 0.15) is 17.7 Å². The minimum absolute atomic E-state index is 0.0107. The van der Waals surface area contributed by atoms with Crippen molar-refractivity contribution >= 4 is 24.0 Å². The van der Waals surface area contributed by atoms with Gasteiger partial charge in [-0.05, 0) is 38.8 Å². The maximum Gasteiger partial charge on any atom is 0.408 e. The van der Waals surface area contributed by atoms with Gasteiger partial charge >= 0.3 is 18.1 Å². The Bertz CT molecular complexity index is 1020. The molecule has 194 valence electrons. The number of esters is 1. The number of carbonyl (C=O) groups is 4. The summed E-state index contributed by atoms with van der Waals surface area (Å²) < 4.78 is 9.98. The van der Waals surface area contributed by atoms with E-state index < -0.39 is 41.7 Å². The third-order valence-electron chi connectivity index (χ3n) is 4.86. The highest BCUT2D eigenvalue weighted by atomic mass is 16.6. The van der Waals surface area contributed by atoms with E-state index in [4.69, 9.17) is 4.74 Å². The van der Waals surface area contributed by atoms with E-state index in [0.29, 0.717) is 0 Å². The minimum atomic E-state index is -1.05. The van der Waals surface area contributed by atoms with Gasteiger partial charge in [0.25, 0.3) is 5.91 Å². The van der Waals surface area contributed by atoms with Crippen molar-refractivity contribution in [2.75, 3.05) is 7.11 Å². The molecule has 0 aliphatic heterocycles. The van der Waals surface area contributed by atoms with Crippen LogP contribution in [0.15, 0.2) is 60.7 Å². The molecule has 0 spiro atoms. The van der Waals surface area contributed by atoms with Crippen LogP contribution in [0.1, 0.15) is 38.8 Å². The van der Waals surface area contributed by atoms with Crippen LogP contribution in [0.2, 0.25) is 0 Å². The smallest absolute Gasteiger partial charge is 0.408 e. The summed E-state index contributed by atoms with van der Waals surface area (Å²) >= 11 is 0. The zero-order chi connectivity index (χ0) is 26.7. The van der Waals surface area contributed by atoms with E-state index in [1.54, 1.807) is 45.0 Å². The second-order valence-corrected chi connectivity index (χ2v) is 9.13. The fourth-order valence-corrected chi connectivity index (χ4v) is 3.15. The second kappa shape index (κ2) is 13.1. The van der Waals surface area contributed by atoms with Crippen LogP contribution in [0.4, 0.5) is 9.59 Å². The zero-order valence-corrected chi connectivity index (χ0v) is 21.2. The molecule has 2 atom stereocenters. The monoisotopic (exact) mass is 498 g/mol. The van der Waals surface area contributed by atoms with E-state index in [1.165, 1.54) is 14.0 Å². The summed E-state index contributed by atoms with van der Waals surface area (Å²) in [5.41, 5.74) is 3.35. The van der Waals surface area contributed by atoms with Gasteiger partial charge in [-0.1, -0.05) is 60.7 Å². The summed E-state index contributed by atoms with van der Waals surface area (Å²) in [6.45, 7) is 6.62. The Morgan fingerprint density at radius 3 is 1.97 bits per heavy atom. The van der Waals surface area contributed by atoms with Crippen molar-refractivity contribution in [1.29, 1.82) is 0 Å². The van der Waals surface area contributed by atoms with Crippen LogP contribution in [0.5, 0.6) is 0 Å². The number of methoxy groups -OCH3 is 1. The van der Waals surface area contributed by atoms with Gasteiger partial charge in [-0.3, -0.25) is 10.2 Å². The number of hydrogen-bond donors (Lipinski definition) is 3. The van der Waals surface area contributed by atoms with Crippen molar-refractivity contribution in [1.82, 2.24) is 21.1 Å². The Hall–Kier alpha value is -4.08. The van der Waals surface area contributed by atoms with Crippen LogP contribution in [0, 0.1) is 0 Å². The molecule has 0 saturated heterocycles. The number of nitrogens with zero attached hydrogens (tertiary/aromatic N) is 1. The molecular formula is C26H34N4O6. The molecule has 0 aliphatic carbocycles. The Morgan fingerprint density at radius 2 is 1.44 bits per heavy atom. The summed E-state index contributed by atoms with van der Waals surface area (Å²) in [5, 5.41) is 6.14. The highest BCUT2D eigenvalue weighted by Gasteiger charge is 2.28. The normalized spacial score (nSPS) is 12.5. The second-order valence-electron chi connectivity index (χ2n) is 9.13. The summed E-state index contributed by atoms with van der Waals surface area (Å²) in [6, 6.07) is 15.4. The number of hydrazine groups is 1. The molecule has 0 saturated carbocycles. The van der Waals surface area contributed by atoms with Crippen molar-refractivity contribution in [3.05, 3.63) is 71.8 Å². The van der Waals surface area contributed by atoms with Gasteiger partial charge in [0, 0.05) is 6.42 Å². The molecule has 10 nitrogen and oxygen atoms in total. The fraction of sp³-hybridized carbons (Fsp3) is 0.385. The number of ether oxygens (including phenoxy) is 2. The lowest BCUT2D eigenvalue weighted by atomic mass is 10.1. The molecule has 0 unspecified atom stereocenters. The lowest BCUT2D eigenvalue weighted by Gasteiger charge is -2.28. The van der Waals surface area contributed by atoms with Crippen LogP contribution < -0.4 is 16.1 Å². The largest absolute Gasteiger partial charge is 0.467 e. The first-order valence-corrected chi connectivity index (χ1v) is 11.5. The van der Waals surface area contributed by atoms with Crippen LogP contribution in [-0.2, 0) is 32.0 Å². The van der Waals surface area contributed by atoms with Crippen molar-refractivity contribution in [2.24, 2.45) is 0 Å². The first-order chi connectivity index (χ1) is 17.0. The maximum absolute atomic E-state index is 13.3. The van der Waals surface area contributed by atoms with Crippen molar-refractivity contribution < 1.29 is 28.7 Å². The molecule has 0 radical (unpaired) electrons. The van der Waals surface area contributed by atoms with E-state index in [0.717, 1.165) is 16.1 Å². The Morgan fingerprint density at radius 1 is 0.889 bits per heavy atom. The number of urea groups is 1. The SMILES string of the molecule is COC(=O)[C@H](C)NC(=O)N(Cc1ccccc1)NC(=O)[C@@H](Cc1ccccc1)NC(=O)OC(C)(C)C. The summed E-state index contributed by atoms with van der Waals surface area (Å²) in [4.78, 5) is 50.6. The molecule has 0 aliphatic rings. The average molecular weight is 499 g/mol. The van der Waals surface area contributed by atoms with Gasteiger partial charge in [-0.25, -0.2) is 19.4 Å². The Balaban J connectivity index is 2.25. The van der Waals surface area contributed by atoms with Gasteiger partial charge < -0.3 is 20.1 Å². The highest BCUT2D eigenvalue weighted by molar-refractivity contribution is 5.89. The molecule has 4 amide bonds. The number of rotatable bonds is 8. The first-order valence-electron chi connectivity index (χ1n) is 11.5. The third-order valence-corrected chi connectivity index (χ3v) is 4.86. The number of carbonyl (C=O) groups excluding carboxylic acids is 4. The zero-order valence-electron chi connectivity index (χ0n) is 21.2. The van der Waals surface area contributed by atoms with Crippen molar-refractivity contribution in [3.8, 4) is 0 Å². The molecule has 36 heavy (non-hydrogen) atoms. The lowest BCUT2D eigenvalue weighted by Crippen LogP contribution is -2.58. The van der Waals surface area contributed by atoms with Gasteiger partial charge in [0.2, 0.25) is 0 Å². The van der Waals surface area contributed by atoms with Crippen molar-refractivity contribution in [3.63, 3.8) is 0 Å². The standard InChI is InChI=1S/C26H34N4O6/c1-18(23(32)35-5)27-24(33)30(17-20-14-10-7-11-15-20)29-22(31)21(16-19-12-8-6-9-13-19)28-25(34)36-26(2,3)4/h6-15,18,21H,16-17H2,1-5H3,(H,27,33)(H,28,34)(H,29,31)/t18-,21+/m0/s1. The van der Waals surface area contributed by atoms with Crippen LogP contribution in [0.3, 0.4) is 0 Å². The molecule has 2 rings (SSSR count). The third kappa shape index (κ3) is 9.65. The predicted octanol–water partition coefficient (Wildman–Crippen LogP) is 2.93. The molecular weight excluding hydrogens is 464 g/mol. The molecule has 0 fully saturated rings. The van der Waals surface area contributed by atoms with Crippen molar-refractivity contribution in [2.45, 2.75) is 58.3 Å². The minimum Gasteiger partial charge on any atom is -0.467 e. The maximum atomic E-state index is 13.3.